The quantitative estimate of drug-likeness (QED) is 0.874. The summed E-state index contributed by atoms with van der Waals surface area (Å²) < 4.78 is 0. The molecule has 0 fully saturated rings. The van der Waals surface area contributed by atoms with Crippen LogP contribution in [0.15, 0.2) is 48.5 Å². The van der Waals surface area contributed by atoms with Gasteiger partial charge in [-0.1, -0.05) is 48.6 Å². The second-order valence-electron chi connectivity index (χ2n) is 4.45. The summed E-state index contributed by atoms with van der Waals surface area (Å²) in [4.78, 5) is 10.9. The minimum absolute atomic E-state index is 0.00865. The summed E-state index contributed by atoms with van der Waals surface area (Å²) in [5.74, 6) is -0.00865. The zero-order chi connectivity index (χ0) is 13.0. The van der Waals surface area contributed by atoms with E-state index in [1.165, 1.54) is 17.7 Å². The van der Waals surface area contributed by atoms with Crippen LogP contribution in [0.5, 0.6) is 0 Å². The van der Waals surface area contributed by atoms with Crippen LogP contribution in [0, 0.1) is 0 Å². The molecule has 0 aromatic heterocycles. The van der Waals surface area contributed by atoms with E-state index in [0.29, 0.717) is 0 Å². The molecule has 1 atom stereocenters. The van der Waals surface area contributed by atoms with E-state index in [4.69, 9.17) is 0 Å². The molecule has 2 aromatic rings. The summed E-state index contributed by atoms with van der Waals surface area (Å²) in [5.41, 5.74) is 1.14. The third-order valence-electron chi connectivity index (χ3n) is 2.78. The third-order valence-corrected chi connectivity index (χ3v) is 2.78. The molecule has 0 saturated carbocycles. The minimum Gasteiger partial charge on any atom is -0.350 e. The largest absolute Gasteiger partial charge is 0.350 e. The molecule has 0 aliphatic rings. The molecule has 2 heteroatoms. The number of benzene rings is 2. The molecule has 92 valence electrons. The molecule has 0 spiro atoms. The average molecular weight is 239 g/mol. The molecular weight excluding hydrogens is 222 g/mol. The van der Waals surface area contributed by atoms with Gasteiger partial charge in [0.1, 0.15) is 0 Å². The lowest BCUT2D eigenvalue weighted by molar-refractivity contribution is -0.119. The van der Waals surface area contributed by atoms with Gasteiger partial charge in [-0.15, -0.1) is 0 Å². The Bertz CT molecular complexity index is 586. The molecule has 1 N–H and O–H groups in total. The molecule has 0 aliphatic carbocycles. The van der Waals surface area contributed by atoms with Crippen molar-refractivity contribution in [2.75, 3.05) is 0 Å². The van der Waals surface area contributed by atoms with E-state index >= 15 is 0 Å². The van der Waals surface area contributed by atoms with Crippen LogP contribution in [0.2, 0.25) is 0 Å². The van der Waals surface area contributed by atoms with Crippen LogP contribution in [0.25, 0.3) is 16.8 Å². The van der Waals surface area contributed by atoms with Crippen LogP contribution >= 0.6 is 0 Å². The molecule has 0 radical (unpaired) electrons. The number of nitrogens with one attached hydrogen (secondary N) is 1. The zero-order valence-corrected chi connectivity index (χ0v) is 10.7. The Balaban J connectivity index is 2.16. The van der Waals surface area contributed by atoms with Crippen molar-refractivity contribution in [2.24, 2.45) is 0 Å². The molecule has 2 aromatic carbocycles. The number of hydrogen-bond acceptors (Lipinski definition) is 1. The van der Waals surface area contributed by atoms with Gasteiger partial charge in [0.2, 0.25) is 5.91 Å². The van der Waals surface area contributed by atoms with Crippen LogP contribution in [-0.2, 0) is 4.79 Å². The van der Waals surface area contributed by atoms with Gasteiger partial charge in [-0.25, -0.2) is 0 Å². The lowest BCUT2D eigenvalue weighted by atomic mass is 10.1. The number of fused-ring (bicyclic) bond motifs is 1. The molecule has 0 unspecified atom stereocenters. The third kappa shape index (κ3) is 3.20. The number of carbonyl (C=O) groups excluding carboxylic acids is 1. The van der Waals surface area contributed by atoms with Gasteiger partial charge in [-0.3, -0.25) is 4.79 Å². The van der Waals surface area contributed by atoms with Gasteiger partial charge in [0.05, 0.1) is 0 Å². The topological polar surface area (TPSA) is 29.1 Å². The van der Waals surface area contributed by atoms with E-state index < -0.39 is 0 Å². The second-order valence-corrected chi connectivity index (χ2v) is 4.45. The first kappa shape index (κ1) is 12.4. The van der Waals surface area contributed by atoms with E-state index in [1.807, 2.05) is 31.2 Å². The van der Waals surface area contributed by atoms with Gasteiger partial charge >= 0.3 is 0 Å². The standard InChI is InChI=1S/C16H17NO/c1-12(17-13(2)18)7-8-14-9-10-15-5-3-4-6-16(15)11-14/h3-12H,1-2H3,(H,17,18)/b8-7+/t12-/m0/s1. The van der Waals surface area contributed by atoms with Gasteiger partial charge in [-0.05, 0) is 29.3 Å². The zero-order valence-electron chi connectivity index (χ0n) is 10.7. The number of carbonyl (C=O) groups is 1. The smallest absolute Gasteiger partial charge is 0.217 e. The van der Waals surface area contributed by atoms with E-state index in [0.717, 1.165) is 5.56 Å². The molecule has 0 saturated heterocycles. The van der Waals surface area contributed by atoms with Gasteiger partial charge in [0, 0.05) is 13.0 Å². The Morgan fingerprint density at radius 1 is 1.17 bits per heavy atom. The summed E-state index contributed by atoms with van der Waals surface area (Å²) in [6.45, 7) is 3.49. The Morgan fingerprint density at radius 2 is 1.89 bits per heavy atom. The molecule has 0 heterocycles. The van der Waals surface area contributed by atoms with Crippen LogP contribution in [0.4, 0.5) is 0 Å². The maximum absolute atomic E-state index is 10.9. The van der Waals surface area contributed by atoms with Crippen molar-refractivity contribution in [3.05, 3.63) is 54.1 Å². The van der Waals surface area contributed by atoms with E-state index in [9.17, 15) is 4.79 Å². The Morgan fingerprint density at radius 3 is 2.61 bits per heavy atom. The molecular formula is C16H17NO. The SMILES string of the molecule is CC(=O)N[C@@H](C)/C=C/c1ccc2ccccc2c1. The van der Waals surface area contributed by atoms with Crippen molar-refractivity contribution >= 4 is 22.8 Å². The first-order chi connectivity index (χ1) is 8.65. The fourth-order valence-electron chi connectivity index (χ4n) is 1.94. The van der Waals surface area contributed by atoms with Crippen LogP contribution in [0.3, 0.4) is 0 Å². The maximum Gasteiger partial charge on any atom is 0.217 e. The van der Waals surface area contributed by atoms with Crippen molar-refractivity contribution < 1.29 is 4.79 Å². The molecule has 2 rings (SSSR count). The molecule has 1 amide bonds. The van der Waals surface area contributed by atoms with Crippen LogP contribution in [-0.4, -0.2) is 11.9 Å². The lowest BCUT2D eigenvalue weighted by Gasteiger charge is -2.06. The number of rotatable bonds is 3. The first-order valence-electron chi connectivity index (χ1n) is 6.09. The summed E-state index contributed by atoms with van der Waals surface area (Å²) in [7, 11) is 0. The fraction of sp³-hybridized carbons (Fsp3) is 0.188. The van der Waals surface area contributed by atoms with Crippen LogP contribution < -0.4 is 5.32 Å². The highest BCUT2D eigenvalue weighted by Crippen LogP contribution is 2.16. The first-order valence-corrected chi connectivity index (χ1v) is 6.09. The van der Waals surface area contributed by atoms with Gasteiger partial charge in [0.15, 0.2) is 0 Å². The van der Waals surface area contributed by atoms with Crippen LogP contribution in [0.1, 0.15) is 19.4 Å². The predicted molar refractivity (Wildman–Crippen MR) is 76.3 cm³/mol. The number of amides is 1. The van der Waals surface area contributed by atoms with Crippen molar-refractivity contribution in [3.8, 4) is 0 Å². The number of hydrogen-bond donors (Lipinski definition) is 1. The van der Waals surface area contributed by atoms with E-state index in [2.05, 4.69) is 35.6 Å². The van der Waals surface area contributed by atoms with Gasteiger partial charge < -0.3 is 5.32 Å². The highest BCUT2D eigenvalue weighted by atomic mass is 16.1. The van der Waals surface area contributed by atoms with Crippen molar-refractivity contribution in [1.82, 2.24) is 5.32 Å². The lowest BCUT2D eigenvalue weighted by Crippen LogP contribution is -2.28. The summed E-state index contributed by atoms with van der Waals surface area (Å²) in [6, 6.07) is 14.7. The van der Waals surface area contributed by atoms with Gasteiger partial charge in [0.25, 0.3) is 0 Å². The van der Waals surface area contributed by atoms with Crippen molar-refractivity contribution in [1.29, 1.82) is 0 Å². The predicted octanol–water partition coefficient (Wildman–Crippen LogP) is 3.38. The summed E-state index contributed by atoms with van der Waals surface area (Å²) >= 11 is 0. The Kier molecular flexibility index (Phi) is 3.78. The monoisotopic (exact) mass is 239 g/mol. The Labute approximate surface area is 107 Å². The minimum atomic E-state index is -0.00865. The highest BCUT2D eigenvalue weighted by molar-refractivity contribution is 5.84. The summed E-state index contributed by atoms with van der Waals surface area (Å²) in [5, 5.41) is 5.29. The van der Waals surface area contributed by atoms with Crippen molar-refractivity contribution in [2.45, 2.75) is 19.9 Å². The molecule has 18 heavy (non-hydrogen) atoms. The molecule has 2 nitrogen and oxygen atoms in total. The van der Waals surface area contributed by atoms with Crippen molar-refractivity contribution in [3.63, 3.8) is 0 Å². The van der Waals surface area contributed by atoms with Gasteiger partial charge in [-0.2, -0.15) is 0 Å². The summed E-state index contributed by atoms with van der Waals surface area (Å²) in [6.07, 6.45) is 4.03. The Hall–Kier alpha value is -2.09. The van der Waals surface area contributed by atoms with E-state index in [1.54, 1.807) is 0 Å². The maximum atomic E-state index is 10.9. The normalized spacial score (nSPS) is 12.8. The van der Waals surface area contributed by atoms with E-state index in [-0.39, 0.29) is 11.9 Å². The highest BCUT2D eigenvalue weighted by Gasteiger charge is 1.98. The second kappa shape index (κ2) is 5.50. The molecule has 0 aliphatic heterocycles. The average Bonchev–Trinajstić information content (AvgIpc) is 2.35. The fourth-order valence-corrected chi connectivity index (χ4v) is 1.94. The molecule has 0 bridgehead atoms.